The van der Waals surface area contributed by atoms with Crippen molar-refractivity contribution in [1.29, 1.82) is 5.26 Å². The normalized spacial score (nSPS) is 19.3. The highest BCUT2D eigenvalue weighted by atomic mass is 32.2. The molecule has 1 amide bonds. The van der Waals surface area contributed by atoms with E-state index in [1.54, 1.807) is 11.8 Å². The van der Waals surface area contributed by atoms with Crippen LogP contribution < -0.4 is 5.32 Å². The number of nitrogens with one attached hydrogen (secondary N) is 1. The van der Waals surface area contributed by atoms with Crippen molar-refractivity contribution < 1.29 is 13.6 Å². The first-order valence-electron chi connectivity index (χ1n) is 9.93. The lowest BCUT2D eigenvalue weighted by Gasteiger charge is -2.06. The standard InChI is InChI=1S/C21H18FN5O2S2/c1-11-2-3-15(30-11)12-6-16-14(7-13(12)22)24-20(31-16)9-19-27-26-18(29-19)8-17(28)25-21(10-23)4-5-21/h3,6-7,11H,2,4-5,8-9H2,1H3,(H,25,28). The summed E-state index contributed by atoms with van der Waals surface area (Å²) in [5.41, 5.74) is 0.498. The Bertz CT molecular complexity index is 1250. The summed E-state index contributed by atoms with van der Waals surface area (Å²) in [5, 5.41) is 20.9. The van der Waals surface area contributed by atoms with Crippen LogP contribution in [0, 0.1) is 17.1 Å². The van der Waals surface area contributed by atoms with Crippen molar-refractivity contribution in [3.05, 3.63) is 46.4 Å². The van der Waals surface area contributed by atoms with E-state index < -0.39 is 5.54 Å². The summed E-state index contributed by atoms with van der Waals surface area (Å²) in [6.07, 6.45) is 4.59. The Morgan fingerprint density at radius 1 is 1.39 bits per heavy atom. The molecule has 1 aromatic carbocycles. The van der Waals surface area contributed by atoms with Gasteiger partial charge in [-0.05, 0) is 25.3 Å². The SMILES string of the molecule is CC1CC=C(c2cc3sc(Cc4nnc(CC(=O)NC5(C#N)CC5)o4)nc3cc2F)S1. The van der Waals surface area contributed by atoms with Crippen LogP contribution in [0.3, 0.4) is 0 Å². The molecule has 1 N–H and O–H groups in total. The van der Waals surface area contributed by atoms with Gasteiger partial charge in [0.15, 0.2) is 0 Å². The fraction of sp³-hybridized carbons (Fsp3) is 0.381. The second-order valence-corrected chi connectivity index (χ2v) is 10.4. The molecule has 158 valence electrons. The lowest BCUT2D eigenvalue weighted by atomic mass is 10.1. The number of thioether (sulfide) groups is 1. The van der Waals surface area contributed by atoms with Gasteiger partial charge >= 0.3 is 0 Å². The number of thiazole rings is 1. The van der Waals surface area contributed by atoms with Gasteiger partial charge in [-0.3, -0.25) is 4.79 Å². The Balaban J connectivity index is 1.29. The molecule has 1 aliphatic heterocycles. The minimum atomic E-state index is -0.722. The minimum absolute atomic E-state index is 0.0734. The number of allylic oxidation sites excluding steroid dienone is 1. The number of rotatable bonds is 6. The molecule has 3 aromatic rings. The van der Waals surface area contributed by atoms with E-state index in [2.05, 4.69) is 39.6 Å². The molecule has 1 atom stereocenters. The summed E-state index contributed by atoms with van der Waals surface area (Å²) < 4.78 is 21.1. The molecule has 5 rings (SSSR count). The molecule has 10 heteroatoms. The Hall–Kier alpha value is -2.77. The predicted molar refractivity (Wildman–Crippen MR) is 116 cm³/mol. The van der Waals surface area contributed by atoms with Crippen LogP contribution in [0.5, 0.6) is 0 Å². The van der Waals surface area contributed by atoms with Gasteiger partial charge in [0.2, 0.25) is 17.7 Å². The Labute approximate surface area is 185 Å². The molecular formula is C21H18FN5O2S2. The zero-order chi connectivity index (χ0) is 21.6. The molecule has 1 unspecified atom stereocenters. The fourth-order valence-corrected chi connectivity index (χ4v) is 5.50. The van der Waals surface area contributed by atoms with E-state index in [0.717, 1.165) is 21.0 Å². The highest BCUT2D eigenvalue weighted by molar-refractivity contribution is 8.09. The Morgan fingerprint density at radius 3 is 2.90 bits per heavy atom. The number of hydrogen-bond donors (Lipinski definition) is 1. The molecule has 1 saturated carbocycles. The number of nitriles is 1. The Kier molecular flexibility index (Phi) is 5.02. The van der Waals surface area contributed by atoms with Crippen LogP contribution in [0.4, 0.5) is 4.39 Å². The molecule has 2 aromatic heterocycles. The van der Waals surface area contributed by atoms with Crippen molar-refractivity contribution in [2.24, 2.45) is 0 Å². The van der Waals surface area contributed by atoms with Gasteiger partial charge in [-0.15, -0.1) is 33.3 Å². The number of hydrogen-bond acceptors (Lipinski definition) is 8. The number of benzene rings is 1. The molecule has 0 spiro atoms. The summed E-state index contributed by atoms with van der Waals surface area (Å²) >= 11 is 3.15. The molecule has 0 bridgehead atoms. The third-order valence-electron chi connectivity index (χ3n) is 5.22. The fourth-order valence-electron chi connectivity index (χ4n) is 3.42. The number of nitrogens with zero attached hydrogens (tertiary/aromatic N) is 4. The van der Waals surface area contributed by atoms with Gasteiger partial charge in [-0.25, -0.2) is 9.37 Å². The second kappa shape index (κ2) is 7.73. The van der Waals surface area contributed by atoms with Crippen LogP contribution in [0.1, 0.15) is 48.5 Å². The monoisotopic (exact) mass is 455 g/mol. The van der Waals surface area contributed by atoms with Gasteiger partial charge in [-0.1, -0.05) is 13.0 Å². The molecule has 3 heterocycles. The van der Waals surface area contributed by atoms with Crippen LogP contribution in [0.15, 0.2) is 22.6 Å². The predicted octanol–water partition coefficient (Wildman–Crippen LogP) is 3.99. The van der Waals surface area contributed by atoms with Crippen LogP contribution in [0.2, 0.25) is 0 Å². The lowest BCUT2D eigenvalue weighted by Crippen LogP contribution is -2.36. The van der Waals surface area contributed by atoms with E-state index in [1.807, 2.05) is 6.07 Å². The second-order valence-electron chi connectivity index (χ2n) is 7.83. The summed E-state index contributed by atoms with van der Waals surface area (Å²) in [6.45, 7) is 2.13. The topological polar surface area (TPSA) is 105 Å². The van der Waals surface area contributed by atoms with Gasteiger partial charge in [0.1, 0.15) is 22.8 Å². The molecule has 1 aliphatic carbocycles. The van der Waals surface area contributed by atoms with Crippen molar-refractivity contribution in [2.75, 3.05) is 0 Å². The van der Waals surface area contributed by atoms with Crippen LogP contribution in [-0.2, 0) is 17.6 Å². The molecule has 0 saturated heterocycles. The van der Waals surface area contributed by atoms with E-state index in [9.17, 15) is 9.18 Å². The van der Waals surface area contributed by atoms with Crippen molar-refractivity contribution in [2.45, 2.75) is 49.8 Å². The number of carbonyl (C=O) groups is 1. The first-order chi connectivity index (χ1) is 14.9. The van der Waals surface area contributed by atoms with E-state index in [-0.39, 0.29) is 24.0 Å². The van der Waals surface area contributed by atoms with Gasteiger partial charge < -0.3 is 9.73 Å². The number of amides is 1. The van der Waals surface area contributed by atoms with Crippen molar-refractivity contribution in [3.8, 4) is 6.07 Å². The molecular weight excluding hydrogens is 437 g/mol. The maximum Gasteiger partial charge on any atom is 0.230 e. The number of fused-ring (bicyclic) bond motifs is 1. The molecule has 7 nitrogen and oxygen atoms in total. The van der Waals surface area contributed by atoms with Crippen molar-refractivity contribution >= 4 is 44.1 Å². The van der Waals surface area contributed by atoms with Gasteiger partial charge in [0, 0.05) is 21.8 Å². The van der Waals surface area contributed by atoms with Gasteiger partial charge in [0.25, 0.3) is 0 Å². The van der Waals surface area contributed by atoms with Gasteiger partial charge in [0.05, 0.1) is 22.7 Å². The average Bonchev–Trinajstić information content (AvgIpc) is 3.04. The maximum atomic E-state index is 14.6. The minimum Gasteiger partial charge on any atom is -0.424 e. The molecule has 31 heavy (non-hydrogen) atoms. The summed E-state index contributed by atoms with van der Waals surface area (Å²) in [7, 11) is 0. The lowest BCUT2D eigenvalue weighted by molar-refractivity contribution is -0.121. The van der Waals surface area contributed by atoms with Crippen molar-refractivity contribution in [1.82, 2.24) is 20.5 Å². The third kappa shape index (κ3) is 4.20. The quantitative estimate of drug-likeness (QED) is 0.599. The zero-order valence-electron chi connectivity index (χ0n) is 16.6. The van der Waals surface area contributed by atoms with Crippen LogP contribution in [0.25, 0.3) is 15.1 Å². The first-order valence-corrected chi connectivity index (χ1v) is 11.6. The van der Waals surface area contributed by atoms with Crippen LogP contribution >= 0.6 is 23.1 Å². The number of carbonyl (C=O) groups excluding carboxylic acids is 1. The van der Waals surface area contributed by atoms with E-state index >= 15 is 0 Å². The smallest absolute Gasteiger partial charge is 0.230 e. The average molecular weight is 456 g/mol. The highest BCUT2D eigenvalue weighted by Crippen LogP contribution is 2.41. The molecule has 0 radical (unpaired) electrons. The zero-order valence-corrected chi connectivity index (χ0v) is 18.3. The largest absolute Gasteiger partial charge is 0.424 e. The molecule has 2 aliphatic rings. The van der Waals surface area contributed by atoms with E-state index in [1.165, 1.54) is 17.4 Å². The third-order valence-corrected chi connectivity index (χ3v) is 7.47. The highest BCUT2D eigenvalue weighted by Gasteiger charge is 2.44. The van der Waals surface area contributed by atoms with Crippen LogP contribution in [-0.4, -0.2) is 31.9 Å². The summed E-state index contributed by atoms with van der Waals surface area (Å²) in [4.78, 5) is 17.5. The Morgan fingerprint density at radius 2 is 2.19 bits per heavy atom. The van der Waals surface area contributed by atoms with Crippen molar-refractivity contribution in [3.63, 3.8) is 0 Å². The van der Waals surface area contributed by atoms with E-state index in [4.69, 9.17) is 9.68 Å². The summed E-state index contributed by atoms with van der Waals surface area (Å²) in [6, 6.07) is 5.44. The summed E-state index contributed by atoms with van der Waals surface area (Å²) in [5.74, 6) is -0.0541. The van der Waals surface area contributed by atoms with Gasteiger partial charge in [-0.2, -0.15) is 5.26 Å². The number of aromatic nitrogens is 3. The first kappa shape index (κ1) is 20.2. The van der Waals surface area contributed by atoms with E-state index in [0.29, 0.717) is 41.5 Å². The molecule has 1 fully saturated rings. The maximum absolute atomic E-state index is 14.6. The number of halogens is 1.